The Morgan fingerprint density at radius 3 is 2.64 bits per heavy atom. The molecule has 1 rings (SSSR count). The molecule has 0 spiro atoms. The van der Waals surface area contributed by atoms with Crippen LogP contribution in [0.15, 0.2) is 23.4 Å². The molecule has 0 heterocycles. The minimum absolute atomic E-state index is 0. The molecule has 0 aromatic heterocycles. The van der Waals surface area contributed by atoms with Gasteiger partial charge in [-0.25, -0.2) is 4.39 Å². The average Bonchev–Trinajstić information content (AvgIpc) is 2.10. The number of nitrogens with zero attached hydrogens (tertiary/aromatic N) is 2. The third-order valence-electron chi connectivity index (χ3n) is 1.39. The van der Waals surface area contributed by atoms with Crippen LogP contribution in [0, 0.1) is 17.1 Å². The van der Waals surface area contributed by atoms with Gasteiger partial charge in [0.05, 0.1) is 5.02 Å². The largest absolute Gasteiger partial charge is 0.410 e. The molecule has 0 aliphatic rings. The normalized spacial score (nSPS) is 10.2. The molecule has 0 amide bonds. The third-order valence-corrected chi connectivity index (χ3v) is 1.70. The summed E-state index contributed by atoms with van der Waals surface area (Å²) in [6.45, 7) is 0. The first-order chi connectivity index (χ1) is 6.19. The molecule has 1 radical (unpaired) electrons. The molecule has 0 fully saturated rings. The van der Waals surface area contributed by atoms with Crippen molar-refractivity contribution in [3.8, 4) is 6.07 Å². The van der Waals surface area contributed by atoms with Gasteiger partial charge in [-0.2, -0.15) is 5.26 Å². The van der Waals surface area contributed by atoms with Gasteiger partial charge in [0.15, 0.2) is 5.71 Å². The van der Waals surface area contributed by atoms with Gasteiger partial charge in [0.1, 0.15) is 11.9 Å². The molecule has 67 valence electrons. The summed E-state index contributed by atoms with van der Waals surface area (Å²) in [5.41, 5.74) is -0.0435. The minimum Gasteiger partial charge on any atom is -0.410 e. The van der Waals surface area contributed by atoms with E-state index in [4.69, 9.17) is 22.1 Å². The molecule has 0 unspecified atom stereocenters. The molecule has 6 heteroatoms. The first-order valence-corrected chi connectivity index (χ1v) is 3.64. The summed E-state index contributed by atoms with van der Waals surface area (Å²) in [6.07, 6.45) is 0. The summed E-state index contributed by atoms with van der Waals surface area (Å²) in [5.74, 6) is -0.510. The van der Waals surface area contributed by atoms with Crippen LogP contribution in [0.5, 0.6) is 0 Å². The van der Waals surface area contributed by atoms with Crippen molar-refractivity contribution in [2.24, 2.45) is 5.16 Å². The number of nitriles is 1. The van der Waals surface area contributed by atoms with Gasteiger partial charge < -0.3 is 5.21 Å². The van der Waals surface area contributed by atoms with E-state index in [1.807, 2.05) is 0 Å². The van der Waals surface area contributed by atoms with Crippen molar-refractivity contribution in [1.29, 1.82) is 5.26 Å². The monoisotopic (exact) mass is 221 g/mol. The minimum atomic E-state index is -0.510. The number of halogens is 2. The van der Waals surface area contributed by atoms with Gasteiger partial charge >= 0.3 is 0 Å². The van der Waals surface area contributed by atoms with Crippen LogP contribution >= 0.6 is 11.6 Å². The van der Waals surface area contributed by atoms with E-state index in [2.05, 4.69) is 5.16 Å². The van der Waals surface area contributed by atoms with Crippen molar-refractivity contribution in [1.82, 2.24) is 0 Å². The van der Waals surface area contributed by atoms with Crippen LogP contribution in [-0.4, -0.2) is 40.5 Å². The Morgan fingerprint density at radius 1 is 1.57 bits per heavy atom. The molecule has 1 aromatic carbocycles. The first-order valence-electron chi connectivity index (χ1n) is 3.26. The zero-order chi connectivity index (χ0) is 9.84. The van der Waals surface area contributed by atoms with E-state index in [0.717, 1.165) is 12.1 Å². The van der Waals surface area contributed by atoms with E-state index >= 15 is 0 Å². The summed E-state index contributed by atoms with van der Waals surface area (Å²) in [6, 6.07) is 5.06. The van der Waals surface area contributed by atoms with Crippen LogP contribution in [0.1, 0.15) is 5.56 Å². The number of oxime groups is 1. The van der Waals surface area contributed by atoms with Crippen LogP contribution < -0.4 is 0 Å². The van der Waals surface area contributed by atoms with Gasteiger partial charge in [0.2, 0.25) is 0 Å². The summed E-state index contributed by atoms with van der Waals surface area (Å²) in [5, 5.41) is 19.6. The zero-order valence-corrected chi connectivity index (χ0v) is 10.1. The van der Waals surface area contributed by atoms with E-state index in [1.165, 1.54) is 6.07 Å². The topological polar surface area (TPSA) is 56.4 Å². The van der Waals surface area contributed by atoms with Gasteiger partial charge in [-0.05, 0) is 18.2 Å². The number of benzene rings is 1. The quantitative estimate of drug-likeness (QED) is 0.340. The van der Waals surface area contributed by atoms with Crippen molar-refractivity contribution in [2.75, 3.05) is 0 Å². The van der Waals surface area contributed by atoms with E-state index in [9.17, 15) is 4.39 Å². The summed E-state index contributed by atoms with van der Waals surface area (Å²) in [4.78, 5) is 0. The van der Waals surface area contributed by atoms with E-state index in [1.54, 1.807) is 6.07 Å². The van der Waals surface area contributed by atoms with Crippen LogP contribution in [0.3, 0.4) is 0 Å². The fraction of sp³-hybridized carbons (Fsp3) is 0. The van der Waals surface area contributed by atoms with E-state index in [-0.39, 0.29) is 45.9 Å². The van der Waals surface area contributed by atoms with Crippen molar-refractivity contribution >= 4 is 46.9 Å². The van der Waals surface area contributed by atoms with Crippen LogP contribution in [-0.2, 0) is 0 Å². The fourth-order valence-corrected chi connectivity index (χ4v) is 1.07. The Labute approximate surface area is 107 Å². The smallest absolute Gasteiger partial charge is 0.188 e. The maximum absolute atomic E-state index is 12.5. The van der Waals surface area contributed by atoms with Gasteiger partial charge in [0.25, 0.3) is 0 Å². The number of rotatable bonds is 1. The molecule has 1 N–H and O–H groups in total. The molecule has 0 saturated carbocycles. The molecule has 0 aliphatic carbocycles. The summed E-state index contributed by atoms with van der Waals surface area (Å²) in [7, 11) is 0. The zero-order valence-electron chi connectivity index (χ0n) is 7.33. The van der Waals surface area contributed by atoms with Crippen molar-refractivity contribution in [3.05, 3.63) is 34.6 Å². The van der Waals surface area contributed by atoms with Gasteiger partial charge in [-0.1, -0.05) is 16.8 Å². The molecule has 3 nitrogen and oxygen atoms in total. The first kappa shape index (κ1) is 13.4. The van der Waals surface area contributed by atoms with Crippen molar-refractivity contribution in [3.63, 3.8) is 0 Å². The van der Waals surface area contributed by atoms with Crippen molar-refractivity contribution < 1.29 is 9.60 Å². The molecule has 1 aromatic rings. The maximum atomic E-state index is 12.5. The molecule has 0 atom stereocenters. The Balaban J connectivity index is 0.00000169. The fourth-order valence-electron chi connectivity index (χ4n) is 0.818. The maximum Gasteiger partial charge on any atom is 0.188 e. The Bertz CT molecular complexity index is 403. The van der Waals surface area contributed by atoms with E-state index in [0.29, 0.717) is 0 Å². The molecular weight excluding hydrogens is 218 g/mol. The van der Waals surface area contributed by atoms with Gasteiger partial charge in [-0.15, -0.1) is 0 Å². The number of hydrogen-bond acceptors (Lipinski definition) is 3. The van der Waals surface area contributed by atoms with Crippen LogP contribution in [0.4, 0.5) is 4.39 Å². The summed E-state index contributed by atoms with van der Waals surface area (Å²) < 4.78 is 12.5. The van der Waals surface area contributed by atoms with E-state index < -0.39 is 5.82 Å². The molecule has 14 heavy (non-hydrogen) atoms. The standard InChI is InChI=1S/C8H4ClFN2O.Na/c9-7-3-5(10)1-2-6(7)8(4-11)12-13;/h1-3,13H;. The molecule has 0 saturated heterocycles. The Morgan fingerprint density at radius 2 is 2.21 bits per heavy atom. The second-order valence-corrected chi connectivity index (χ2v) is 2.59. The summed E-state index contributed by atoms with van der Waals surface area (Å²) >= 11 is 5.60. The Hall–Kier alpha value is -0.600. The second-order valence-electron chi connectivity index (χ2n) is 2.18. The molecular formula is C8H4ClFN2NaO. The number of hydrogen-bond donors (Lipinski definition) is 1. The molecule has 0 aliphatic heterocycles. The average molecular weight is 222 g/mol. The van der Waals surface area contributed by atoms with Crippen molar-refractivity contribution in [2.45, 2.75) is 0 Å². The SMILES string of the molecule is N#CC(=NO)c1ccc(F)cc1Cl.[Na]. The van der Waals surface area contributed by atoms with Crippen LogP contribution in [0.25, 0.3) is 0 Å². The van der Waals surface area contributed by atoms with Gasteiger partial charge in [0, 0.05) is 35.1 Å². The third kappa shape index (κ3) is 2.96. The Kier molecular flexibility index (Phi) is 5.73. The predicted octanol–water partition coefficient (Wildman–Crippen LogP) is 1.80. The van der Waals surface area contributed by atoms with Gasteiger partial charge in [-0.3, -0.25) is 0 Å². The predicted molar refractivity (Wildman–Crippen MR) is 51.1 cm³/mol. The molecule has 0 bridgehead atoms. The van der Waals surface area contributed by atoms with Crippen LogP contribution in [0.2, 0.25) is 5.02 Å². The second kappa shape index (κ2) is 5.99.